The second kappa shape index (κ2) is 11.2. The highest BCUT2D eigenvalue weighted by molar-refractivity contribution is 7.66. The van der Waals surface area contributed by atoms with Crippen molar-refractivity contribution in [1.82, 2.24) is 0 Å². The molecular formula is C4H13O3PS. The van der Waals surface area contributed by atoms with Gasteiger partial charge in [0.05, 0.1) is 0 Å². The summed E-state index contributed by atoms with van der Waals surface area (Å²) in [4.78, 5) is 0. The van der Waals surface area contributed by atoms with Gasteiger partial charge in [-0.15, -0.1) is 9.24 Å². The molecule has 0 amide bonds. The summed E-state index contributed by atoms with van der Waals surface area (Å²) in [6.45, 7) is 2.20. The van der Waals surface area contributed by atoms with Gasteiger partial charge in [-0.2, -0.15) is 0 Å². The van der Waals surface area contributed by atoms with Gasteiger partial charge in [0.15, 0.2) is 0 Å². The first-order valence-corrected chi connectivity index (χ1v) is 4.63. The van der Waals surface area contributed by atoms with E-state index in [1.165, 1.54) is 19.0 Å². The molecule has 0 bridgehead atoms. The number of unbranched alkanes of at least 4 members (excludes halogenated alkanes) is 1. The third-order valence-electron chi connectivity index (χ3n) is 0.558. The van der Waals surface area contributed by atoms with Crippen LogP contribution in [0.1, 0.15) is 19.8 Å². The molecule has 1 atom stereocenters. The van der Waals surface area contributed by atoms with E-state index < -0.39 is 11.0 Å². The van der Waals surface area contributed by atoms with E-state index in [4.69, 9.17) is 13.0 Å². The maximum absolute atomic E-state index is 8.59. The minimum atomic E-state index is -3.12. The van der Waals surface area contributed by atoms with Crippen LogP contribution in [-0.4, -0.2) is 19.1 Å². The fourth-order valence-corrected chi connectivity index (χ4v) is 0.612. The van der Waals surface area contributed by atoms with E-state index >= 15 is 0 Å². The van der Waals surface area contributed by atoms with Gasteiger partial charge < -0.3 is 0 Å². The van der Waals surface area contributed by atoms with Gasteiger partial charge >= 0.3 is 0 Å². The van der Waals surface area contributed by atoms with Gasteiger partial charge in [0.25, 0.3) is 11.0 Å². The first-order chi connectivity index (χ1) is 4.15. The first kappa shape index (κ1) is 12.1. The molecule has 0 aromatic rings. The van der Waals surface area contributed by atoms with Crippen LogP contribution in [0, 0.1) is 0 Å². The average molecular weight is 172 g/mol. The Labute approximate surface area is 59.8 Å². The molecular weight excluding hydrogens is 159 g/mol. The Hall–Kier alpha value is 0.340. The molecule has 0 aliphatic rings. The summed E-state index contributed by atoms with van der Waals surface area (Å²) in [5.41, 5.74) is 0. The molecule has 9 heavy (non-hydrogen) atoms. The fourth-order valence-electron chi connectivity index (χ4n) is 0.204. The highest BCUT2D eigenvalue weighted by Gasteiger charge is 1.68. The molecule has 0 fully saturated rings. The monoisotopic (exact) mass is 172 g/mol. The van der Waals surface area contributed by atoms with Crippen molar-refractivity contribution in [1.29, 1.82) is 0 Å². The molecule has 0 spiro atoms. The molecule has 0 saturated heterocycles. The smallest absolute Gasteiger partial charge is 0.254 e. The van der Waals surface area contributed by atoms with E-state index in [0.717, 1.165) is 0 Å². The molecule has 0 aromatic carbocycles. The highest BCUT2D eigenvalue weighted by Crippen LogP contribution is 1.89. The molecule has 1 unspecified atom stereocenters. The highest BCUT2D eigenvalue weighted by atomic mass is 32.2. The largest absolute Gasteiger partial charge is 0.288 e. The van der Waals surface area contributed by atoms with E-state index in [0.29, 0.717) is 0 Å². The summed E-state index contributed by atoms with van der Waals surface area (Å²) in [7, 11) is -0.421. The Kier molecular flexibility index (Phi) is 15.0. The van der Waals surface area contributed by atoms with Crippen molar-refractivity contribution in [2.45, 2.75) is 19.8 Å². The van der Waals surface area contributed by atoms with Crippen molar-refractivity contribution in [3.8, 4) is 0 Å². The lowest BCUT2D eigenvalue weighted by atomic mass is 10.4. The fraction of sp³-hybridized carbons (Fsp3) is 1.00. The number of hydrogen-bond donors (Lipinski definition) is 2. The number of rotatable bonds is 2. The predicted molar refractivity (Wildman–Crippen MR) is 42.4 cm³/mol. The molecule has 58 valence electrons. The van der Waals surface area contributed by atoms with Gasteiger partial charge in [-0.1, -0.05) is 19.8 Å². The minimum Gasteiger partial charge on any atom is -0.288 e. The molecule has 0 aliphatic heterocycles. The maximum Gasteiger partial charge on any atom is 0.254 e. The molecule has 0 rings (SSSR count). The van der Waals surface area contributed by atoms with Gasteiger partial charge in [0.1, 0.15) is 0 Å². The topological polar surface area (TPSA) is 54.4 Å². The summed E-state index contributed by atoms with van der Waals surface area (Å²) in [5.74, 6) is 0. The molecule has 0 aromatic heterocycles. The minimum absolute atomic E-state index is 1.26. The molecule has 5 heteroatoms. The number of hydrogen-bond acceptors (Lipinski definition) is 2. The third-order valence-corrected chi connectivity index (χ3v) is 0.966. The van der Waals surface area contributed by atoms with E-state index in [9.17, 15) is 0 Å². The van der Waals surface area contributed by atoms with Crippen molar-refractivity contribution in [3.63, 3.8) is 0 Å². The van der Waals surface area contributed by atoms with E-state index in [2.05, 4.69) is 16.2 Å². The lowest BCUT2D eigenvalue weighted by Gasteiger charge is -1.79. The Bertz CT molecular complexity index is 92.0. The summed E-state index contributed by atoms with van der Waals surface area (Å²) in [6.07, 6.45) is 3.94. The van der Waals surface area contributed by atoms with E-state index in [1.54, 1.807) is 0 Å². The van der Waals surface area contributed by atoms with Gasteiger partial charge in [-0.05, 0) is 6.16 Å². The van der Waals surface area contributed by atoms with Crippen LogP contribution in [0.15, 0.2) is 0 Å². The van der Waals surface area contributed by atoms with Crippen LogP contribution in [0.2, 0.25) is 0 Å². The van der Waals surface area contributed by atoms with Crippen molar-refractivity contribution in [3.05, 3.63) is 0 Å². The lowest BCUT2D eigenvalue weighted by Crippen LogP contribution is -1.64. The average Bonchev–Trinajstić information content (AvgIpc) is 1.66. The summed E-state index contributed by atoms with van der Waals surface area (Å²) >= 11 is 0. The van der Waals surface area contributed by atoms with Crippen LogP contribution in [0.25, 0.3) is 0 Å². The zero-order valence-corrected chi connectivity index (χ0v) is 7.46. The van der Waals surface area contributed by atoms with Gasteiger partial charge in [0.2, 0.25) is 0 Å². The standard InChI is InChI=1S/C4H11P.H2O3S/c1-2-3-4-5;1-4(2)3/h2-5H2,1H3;4H,(H,1,2,3). The summed E-state index contributed by atoms with van der Waals surface area (Å²) < 4.78 is 24.2. The molecule has 0 aliphatic carbocycles. The van der Waals surface area contributed by atoms with Crippen LogP contribution < -0.4 is 0 Å². The van der Waals surface area contributed by atoms with Crippen LogP contribution in [-0.2, 0) is 11.0 Å². The normalized spacial score (nSPS) is 8.44. The molecule has 0 heterocycles. The lowest BCUT2D eigenvalue weighted by molar-refractivity contribution is 0.509. The zero-order valence-electron chi connectivity index (χ0n) is 5.41. The van der Waals surface area contributed by atoms with Crippen LogP contribution >= 0.6 is 9.24 Å². The van der Waals surface area contributed by atoms with E-state index in [1.807, 2.05) is 0 Å². The first-order valence-electron chi connectivity index (χ1n) is 2.68. The molecule has 1 N–H and O–H groups in total. The summed E-state index contributed by atoms with van der Waals surface area (Å²) in [6, 6.07) is 0. The molecule has 3 nitrogen and oxygen atoms in total. The van der Waals surface area contributed by atoms with E-state index in [-0.39, 0.29) is 0 Å². The van der Waals surface area contributed by atoms with Crippen molar-refractivity contribution < 1.29 is 13.0 Å². The Balaban J connectivity index is 0. The van der Waals surface area contributed by atoms with Crippen molar-refractivity contribution >= 4 is 20.2 Å². The zero-order chi connectivity index (χ0) is 7.70. The summed E-state index contributed by atoms with van der Waals surface area (Å²) in [5, 5.41) is 0. The van der Waals surface area contributed by atoms with Gasteiger partial charge in [-0.3, -0.25) is 4.55 Å². The second-order valence-electron chi connectivity index (χ2n) is 1.38. The molecule has 0 saturated carbocycles. The van der Waals surface area contributed by atoms with Crippen LogP contribution in [0.4, 0.5) is 0 Å². The molecule has 0 radical (unpaired) electrons. The van der Waals surface area contributed by atoms with Crippen molar-refractivity contribution in [2.24, 2.45) is 0 Å². The van der Waals surface area contributed by atoms with Crippen LogP contribution in [0.3, 0.4) is 0 Å². The Morgan fingerprint density at radius 1 is 1.56 bits per heavy atom. The maximum atomic E-state index is 8.59. The second-order valence-corrected chi connectivity index (χ2v) is 2.43. The van der Waals surface area contributed by atoms with Gasteiger partial charge in [0, 0.05) is 0 Å². The Morgan fingerprint density at radius 2 is 1.89 bits per heavy atom. The van der Waals surface area contributed by atoms with Crippen molar-refractivity contribution in [2.75, 3.05) is 6.16 Å². The third kappa shape index (κ3) is 61.2. The quantitative estimate of drug-likeness (QED) is 0.367. The Morgan fingerprint density at radius 3 is 1.89 bits per heavy atom. The van der Waals surface area contributed by atoms with Crippen LogP contribution in [0.5, 0.6) is 0 Å². The number of thiol groups is 1. The predicted octanol–water partition coefficient (Wildman–Crippen LogP) is 0.732. The van der Waals surface area contributed by atoms with Gasteiger partial charge in [-0.25, -0.2) is 8.42 Å². The SMILES string of the molecule is CCCCP.O=[SH](=O)O.